The Labute approximate surface area is 168 Å². The summed E-state index contributed by atoms with van der Waals surface area (Å²) in [6, 6.07) is 23.1. The van der Waals surface area contributed by atoms with Crippen molar-refractivity contribution < 1.29 is 9.21 Å². The number of furan rings is 1. The number of nitrogens with one attached hydrogen (secondary N) is 1. The molecule has 2 heterocycles. The molecule has 1 atom stereocenters. The monoisotopic (exact) mass is 387 g/mol. The second kappa shape index (κ2) is 7.29. The van der Waals surface area contributed by atoms with Crippen molar-refractivity contribution >= 4 is 24.2 Å². The highest BCUT2D eigenvalue weighted by molar-refractivity contribution is 7.84. The summed E-state index contributed by atoms with van der Waals surface area (Å²) in [6.45, 7) is 1.98. The molecular weight excluding hydrogens is 370 g/mol. The lowest BCUT2D eigenvalue weighted by atomic mass is 10.1. The molecule has 6 heteroatoms. The first-order chi connectivity index (χ1) is 13.6. The first kappa shape index (κ1) is 18.0. The largest absolute Gasteiger partial charge is 0.457 e. The van der Waals surface area contributed by atoms with Crippen LogP contribution in [0.3, 0.4) is 0 Å². The summed E-state index contributed by atoms with van der Waals surface area (Å²) in [4.78, 5) is 14.2. The fraction of sp³-hybridized carbons (Fsp3) is 0.0909. The highest BCUT2D eigenvalue weighted by Crippen LogP contribution is 2.37. The first-order valence-corrected chi connectivity index (χ1v) is 9.18. The molecule has 5 nitrogen and oxygen atoms in total. The van der Waals surface area contributed by atoms with Gasteiger partial charge in [-0.1, -0.05) is 42.5 Å². The zero-order valence-corrected chi connectivity index (χ0v) is 16.0. The van der Waals surface area contributed by atoms with E-state index in [0.29, 0.717) is 16.5 Å². The van der Waals surface area contributed by atoms with E-state index in [2.05, 4.69) is 17.9 Å². The maximum Gasteiger partial charge on any atom is 0.266 e. The molecule has 0 saturated carbocycles. The first-order valence-electron chi connectivity index (χ1n) is 8.74. The second-order valence-corrected chi connectivity index (χ2v) is 6.89. The van der Waals surface area contributed by atoms with E-state index in [-0.39, 0.29) is 5.57 Å². The summed E-state index contributed by atoms with van der Waals surface area (Å²) in [5, 5.41) is 12.5. The lowest BCUT2D eigenvalue weighted by molar-refractivity contribution is -0.118. The maximum atomic E-state index is 12.4. The Bertz CT molecular complexity index is 1110. The summed E-state index contributed by atoms with van der Waals surface area (Å²) >= 11 is 4.50. The van der Waals surface area contributed by atoms with E-state index < -0.39 is 12.1 Å². The predicted octanol–water partition coefficient (Wildman–Crippen LogP) is 4.56. The Morgan fingerprint density at radius 2 is 1.89 bits per heavy atom. The maximum absolute atomic E-state index is 12.4. The summed E-state index contributed by atoms with van der Waals surface area (Å²) in [7, 11) is 0. The lowest BCUT2D eigenvalue weighted by Gasteiger charge is -2.36. The number of hydrogen-bond donors (Lipinski definition) is 2. The van der Waals surface area contributed by atoms with Crippen LogP contribution < -0.4 is 10.2 Å². The van der Waals surface area contributed by atoms with E-state index >= 15 is 0 Å². The molecule has 0 saturated heterocycles. The van der Waals surface area contributed by atoms with Gasteiger partial charge >= 0.3 is 0 Å². The summed E-state index contributed by atoms with van der Waals surface area (Å²) in [6.07, 6.45) is -0.614. The average molecular weight is 387 g/mol. The van der Waals surface area contributed by atoms with Crippen LogP contribution >= 0.6 is 12.6 Å². The Kier molecular flexibility index (Phi) is 4.68. The molecule has 1 unspecified atom stereocenters. The van der Waals surface area contributed by atoms with Crippen LogP contribution in [0, 0.1) is 18.3 Å². The Balaban J connectivity index is 1.81. The standard InChI is InChI=1S/C22H17N3O2S/c1-14-6-5-9-16(12-14)25-20(24-21(26)17(13-23)22(25)28)19-11-10-18(27-19)15-7-3-2-4-8-15/h2-12,20,28H,1H3,(H,24,26). The number of aryl methyl sites for hydroxylation is 1. The topological polar surface area (TPSA) is 69.3 Å². The van der Waals surface area contributed by atoms with Crippen LogP contribution in [-0.4, -0.2) is 5.91 Å². The number of anilines is 1. The smallest absolute Gasteiger partial charge is 0.266 e. The zero-order chi connectivity index (χ0) is 19.7. The molecule has 4 rings (SSSR count). The highest BCUT2D eigenvalue weighted by atomic mass is 32.1. The predicted molar refractivity (Wildman–Crippen MR) is 110 cm³/mol. The van der Waals surface area contributed by atoms with Crippen LogP contribution in [0.2, 0.25) is 0 Å². The molecular formula is C22H17N3O2S. The number of carbonyl (C=O) groups is 1. The van der Waals surface area contributed by atoms with Crippen LogP contribution in [0.25, 0.3) is 11.3 Å². The zero-order valence-electron chi connectivity index (χ0n) is 15.1. The minimum absolute atomic E-state index is 0.0315. The quantitative estimate of drug-likeness (QED) is 0.647. The number of nitrogens with zero attached hydrogens (tertiary/aromatic N) is 2. The number of rotatable bonds is 3. The van der Waals surface area contributed by atoms with Gasteiger partial charge in [-0.2, -0.15) is 5.26 Å². The molecule has 0 fully saturated rings. The molecule has 0 bridgehead atoms. The molecule has 0 radical (unpaired) electrons. The van der Waals surface area contributed by atoms with Gasteiger partial charge in [-0.25, -0.2) is 0 Å². The van der Waals surface area contributed by atoms with Gasteiger partial charge in [-0.3, -0.25) is 4.79 Å². The molecule has 1 amide bonds. The molecule has 0 aliphatic carbocycles. The number of benzene rings is 2. The van der Waals surface area contributed by atoms with Gasteiger partial charge in [0.15, 0.2) is 6.17 Å². The van der Waals surface area contributed by atoms with E-state index in [4.69, 9.17) is 4.42 Å². The van der Waals surface area contributed by atoms with E-state index in [0.717, 1.165) is 16.8 Å². The normalized spacial score (nSPS) is 16.7. The number of amides is 1. The molecule has 1 aliphatic heterocycles. The fourth-order valence-corrected chi connectivity index (χ4v) is 3.59. The third-order valence-corrected chi connectivity index (χ3v) is 4.99. The Morgan fingerprint density at radius 1 is 1.11 bits per heavy atom. The molecule has 0 spiro atoms. The van der Waals surface area contributed by atoms with Crippen molar-refractivity contribution in [1.82, 2.24) is 5.32 Å². The van der Waals surface area contributed by atoms with Crippen molar-refractivity contribution in [1.29, 1.82) is 5.26 Å². The van der Waals surface area contributed by atoms with Gasteiger partial charge in [0, 0.05) is 11.3 Å². The fourth-order valence-electron chi connectivity index (χ4n) is 3.21. The van der Waals surface area contributed by atoms with E-state index in [1.807, 2.05) is 79.7 Å². The van der Waals surface area contributed by atoms with Crippen molar-refractivity contribution in [3.8, 4) is 17.4 Å². The Morgan fingerprint density at radius 3 is 2.61 bits per heavy atom. The number of hydrogen-bond acceptors (Lipinski definition) is 5. The van der Waals surface area contributed by atoms with Gasteiger partial charge in [-0.15, -0.1) is 12.6 Å². The van der Waals surface area contributed by atoms with Gasteiger partial charge in [-0.05, 0) is 36.8 Å². The third-order valence-electron chi connectivity index (χ3n) is 4.55. The highest BCUT2D eigenvalue weighted by Gasteiger charge is 2.35. The molecule has 138 valence electrons. The number of thiol groups is 1. The SMILES string of the molecule is Cc1cccc(N2C(S)=C(C#N)C(=O)NC2c2ccc(-c3ccccc3)o2)c1. The summed E-state index contributed by atoms with van der Waals surface area (Å²) < 4.78 is 6.06. The summed E-state index contributed by atoms with van der Waals surface area (Å²) in [5.41, 5.74) is 2.77. The summed E-state index contributed by atoms with van der Waals surface area (Å²) in [5.74, 6) is 0.779. The van der Waals surface area contributed by atoms with Crippen molar-refractivity contribution in [3.63, 3.8) is 0 Å². The van der Waals surface area contributed by atoms with Gasteiger partial charge in [0.2, 0.25) is 0 Å². The van der Waals surface area contributed by atoms with Gasteiger partial charge in [0.25, 0.3) is 5.91 Å². The minimum atomic E-state index is -0.614. The van der Waals surface area contributed by atoms with E-state index in [9.17, 15) is 10.1 Å². The van der Waals surface area contributed by atoms with Crippen LogP contribution in [0.1, 0.15) is 17.5 Å². The van der Waals surface area contributed by atoms with Crippen molar-refractivity contribution in [2.45, 2.75) is 13.1 Å². The molecule has 1 aliphatic rings. The number of nitriles is 1. The van der Waals surface area contributed by atoms with Crippen molar-refractivity contribution in [2.24, 2.45) is 0 Å². The van der Waals surface area contributed by atoms with Crippen LogP contribution in [0.4, 0.5) is 5.69 Å². The third kappa shape index (κ3) is 3.17. The van der Waals surface area contributed by atoms with Gasteiger partial charge in [0.1, 0.15) is 23.2 Å². The molecule has 2 aromatic carbocycles. The van der Waals surface area contributed by atoms with Gasteiger partial charge in [0.05, 0.1) is 5.03 Å². The average Bonchev–Trinajstić information content (AvgIpc) is 3.18. The van der Waals surface area contributed by atoms with Crippen LogP contribution in [0.15, 0.2) is 81.7 Å². The lowest BCUT2D eigenvalue weighted by Crippen LogP contribution is -2.45. The van der Waals surface area contributed by atoms with E-state index in [1.165, 1.54) is 0 Å². The number of carbonyl (C=O) groups excluding carboxylic acids is 1. The van der Waals surface area contributed by atoms with Crippen molar-refractivity contribution in [2.75, 3.05) is 4.90 Å². The molecule has 1 aromatic heterocycles. The Hall–Kier alpha value is -3.43. The van der Waals surface area contributed by atoms with Crippen LogP contribution in [0.5, 0.6) is 0 Å². The second-order valence-electron chi connectivity index (χ2n) is 6.46. The van der Waals surface area contributed by atoms with Gasteiger partial charge < -0.3 is 14.6 Å². The van der Waals surface area contributed by atoms with Crippen LogP contribution in [-0.2, 0) is 4.79 Å². The minimum Gasteiger partial charge on any atom is -0.457 e. The van der Waals surface area contributed by atoms with Crippen molar-refractivity contribution in [3.05, 3.63) is 88.7 Å². The molecule has 3 aromatic rings. The van der Waals surface area contributed by atoms with E-state index in [1.54, 1.807) is 4.90 Å². The molecule has 28 heavy (non-hydrogen) atoms. The molecule has 1 N–H and O–H groups in total.